The summed E-state index contributed by atoms with van der Waals surface area (Å²) in [7, 11) is 1.61. The summed E-state index contributed by atoms with van der Waals surface area (Å²) in [5.41, 5.74) is 2.85. The molecule has 0 bridgehead atoms. The van der Waals surface area contributed by atoms with Crippen LogP contribution in [0.3, 0.4) is 0 Å². The molecule has 0 spiro atoms. The first kappa shape index (κ1) is 30.3. The van der Waals surface area contributed by atoms with Crippen LogP contribution in [0.5, 0.6) is 11.5 Å². The lowest BCUT2D eigenvalue weighted by atomic mass is 10.1. The number of likely N-dealkylation sites (tertiary alicyclic amines) is 1. The second kappa shape index (κ2) is 13.4. The van der Waals surface area contributed by atoms with E-state index in [1.54, 1.807) is 47.5 Å². The van der Waals surface area contributed by atoms with E-state index < -0.39 is 5.82 Å². The number of amides is 2. The first-order valence-electron chi connectivity index (χ1n) is 13.6. The van der Waals surface area contributed by atoms with Crippen LogP contribution in [0.2, 0.25) is 0 Å². The van der Waals surface area contributed by atoms with Crippen molar-refractivity contribution in [1.82, 2.24) is 25.1 Å². The van der Waals surface area contributed by atoms with Crippen LogP contribution in [0.15, 0.2) is 54.9 Å². The van der Waals surface area contributed by atoms with E-state index in [0.717, 1.165) is 20.8 Å². The zero-order chi connectivity index (χ0) is 30.5. The summed E-state index contributed by atoms with van der Waals surface area (Å²) in [6, 6.07) is 12.1. The number of fused-ring (bicyclic) bond motifs is 1. The molecule has 0 atom stereocenters. The van der Waals surface area contributed by atoms with Gasteiger partial charge in [0, 0.05) is 77.4 Å². The minimum Gasteiger partial charge on any atom is -0.453 e. The van der Waals surface area contributed by atoms with E-state index in [1.807, 2.05) is 18.2 Å². The molecule has 1 saturated heterocycles. The van der Waals surface area contributed by atoms with Crippen LogP contribution in [0, 0.1) is 5.82 Å². The van der Waals surface area contributed by atoms with Gasteiger partial charge in [-0.3, -0.25) is 19.6 Å². The predicted molar refractivity (Wildman–Crippen MR) is 168 cm³/mol. The largest absolute Gasteiger partial charge is 0.453 e. The second-order valence-corrected chi connectivity index (χ2v) is 11.5. The number of halogens is 1. The Kier molecular flexibility index (Phi) is 9.43. The van der Waals surface area contributed by atoms with Gasteiger partial charge in [-0.25, -0.2) is 4.39 Å². The molecule has 0 aliphatic carbocycles. The summed E-state index contributed by atoms with van der Waals surface area (Å²) in [6.45, 7) is 5.64. The number of thiophene rings is 1. The number of ether oxygens (including phenoxy) is 2. The number of nitrogens with zero attached hydrogens (tertiary/aromatic N) is 4. The molecular weight excluding hydrogens is 592 g/mol. The summed E-state index contributed by atoms with van der Waals surface area (Å²) in [6.07, 6.45) is 3.37. The molecule has 0 radical (unpaired) electrons. The minimum absolute atomic E-state index is 0.0263. The summed E-state index contributed by atoms with van der Waals surface area (Å²) in [4.78, 5) is 36.7. The molecule has 2 N–H and O–H groups in total. The third-order valence-corrected chi connectivity index (χ3v) is 8.29. The van der Waals surface area contributed by atoms with Gasteiger partial charge in [0.25, 0.3) is 0 Å². The van der Waals surface area contributed by atoms with E-state index in [9.17, 15) is 9.59 Å². The molecule has 224 valence electrons. The van der Waals surface area contributed by atoms with E-state index in [1.165, 1.54) is 31.3 Å². The molecule has 4 heterocycles. The first-order valence-corrected chi connectivity index (χ1v) is 14.8. The molecule has 2 amide bonds. The van der Waals surface area contributed by atoms with Crippen LogP contribution in [-0.2, 0) is 20.9 Å². The van der Waals surface area contributed by atoms with Crippen molar-refractivity contribution in [2.24, 2.45) is 0 Å². The summed E-state index contributed by atoms with van der Waals surface area (Å²) < 4.78 is 26.9. The zero-order valence-corrected chi connectivity index (χ0v) is 25.6. The second-order valence-electron chi connectivity index (χ2n) is 10.1. The van der Waals surface area contributed by atoms with Gasteiger partial charge in [0.05, 0.1) is 33.4 Å². The Bertz CT molecular complexity index is 1640. The fraction of sp³-hybridized carbons (Fsp3) is 0.300. The molecule has 3 aromatic heterocycles. The molecule has 0 saturated carbocycles. The highest BCUT2D eigenvalue weighted by Gasteiger charge is 2.28. The Morgan fingerprint density at radius 1 is 1.14 bits per heavy atom. The van der Waals surface area contributed by atoms with E-state index in [2.05, 4.69) is 20.6 Å². The van der Waals surface area contributed by atoms with Gasteiger partial charge in [-0.15, -0.1) is 11.3 Å². The number of anilines is 1. The lowest BCUT2D eigenvalue weighted by Crippen LogP contribution is -2.61. The van der Waals surface area contributed by atoms with E-state index in [0.29, 0.717) is 54.9 Å². The third-order valence-electron chi connectivity index (χ3n) is 6.91. The average molecular weight is 623 g/mol. The van der Waals surface area contributed by atoms with Crippen LogP contribution in [0.1, 0.15) is 19.4 Å². The highest BCUT2D eigenvalue weighted by Crippen LogP contribution is 2.39. The van der Waals surface area contributed by atoms with Crippen molar-refractivity contribution < 1.29 is 23.5 Å². The number of nitrogens with one attached hydrogen (secondary N) is 2. The van der Waals surface area contributed by atoms with E-state index >= 15 is 4.39 Å². The van der Waals surface area contributed by atoms with Crippen molar-refractivity contribution in [3.8, 4) is 22.1 Å². The molecule has 0 unspecified atom stereocenters. The molecule has 1 aliphatic heterocycles. The van der Waals surface area contributed by atoms with Gasteiger partial charge in [-0.2, -0.15) is 0 Å². The van der Waals surface area contributed by atoms with Gasteiger partial charge in [0.2, 0.25) is 11.8 Å². The smallest absolute Gasteiger partial charge is 0.219 e. The normalized spacial score (nSPS) is 13.0. The number of methoxy groups -OCH3 is 1. The van der Waals surface area contributed by atoms with Crippen LogP contribution in [-0.4, -0.2) is 76.1 Å². The monoisotopic (exact) mass is 622 g/mol. The zero-order valence-electron chi connectivity index (χ0n) is 23.9. The number of rotatable bonds is 10. The summed E-state index contributed by atoms with van der Waals surface area (Å²) in [5, 5.41) is 6.46. The van der Waals surface area contributed by atoms with Crippen molar-refractivity contribution in [1.29, 1.82) is 0 Å². The molecular formula is C30H31FN6O4S2. The van der Waals surface area contributed by atoms with Crippen molar-refractivity contribution in [3.05, 3.63) is 66.2 Å². The molecule has 1 fully saturated rings. The maximum atomic E-state index is 15.1. The van der Waals surface area contributed by atoms with Gasteiger partial charge in [0.15, 0.2) is 16.7 Å². The maximum Gasteiger partial charge on any atom is 0.219 e. The molecule has 13 heteroatoms. The highest BCUT2D eigenvalue weighted by molar-refractivity contribution is 7.80. The molecule has 4 aromatic rings. The highest BCUT2D eigenvalue weighted by atomic mass is 32.1. The number of carbonyl (C=O) groups excluding carboxylic acids is 2. The maximum absolute atomic E-state index is 15.1. The minimum atomic E-state index is -0.552. The van der Waals surface area contributed by atoms with Gasteiger partial charge < -0.3 is 29.9 Å². The fourth-order valence-electron chi connectivity index (χ4n) is 4.51. The fourth-order valence-corrected chi connectivity index (χ4v) is 5.84. The number of hydrogen-bond acceptors (Lipinski definition) is 8. The van der Waals surface area contributed by atoms with Gasteiger partial charge in [-0.05, 0) is 42.0 Å². The first-order chi connectivity index (χ1) is 20.7. The van der Waals surface area contributed by atoms with E-state index in [-0.39, 0.29) is 23.6 Å². The van der Waals surface area contributed by atoms with Crippen LogP contribution >= 0.6 is 23.6 Å². The Labute approximate surface area is 257 Å². The van der Waals surface area contributed by atoms with Crippen LogP contribution in [0.25, 0.3) is 20.8 Å². The van der Waals surface area contributed by atoms with Crippen LogP contribution < -0.4 is 15.4 Å². The average Bonchev–Trinajstić information content (AvgIpc) is 3.39. The topological polar surface area (TPSA) is 109 Å². The molecule has 1 aliphatic rings. The van der Waals surface area contributed by atoms with Gasteiger partial charge in [0.1, 0.15) is 5.75 Å². The lowest BCUT2D eigenvalue weighted by Gasteiger charge is -2.39. The van der Waals surface area contributed by atoms with Gasteiger partial charge >= 0.3 is 0 Å². The molecule has 5 rings (SSSR count). The van der Waals surface area contributed by atoms with Crippen molar-refractivity contribution >= 4 is 56.4 Å². The molecule has 43 heavy (non-hydrogen) atoms. The Morgan fingerprint density at radius 2 is 1.95 bits per heavy atom. The Hall–Kier alpha value is -4.20. The lowest BCUT2D eigenvalue weighted by molar-refractivity contribution is -0.133. The number of aromatic nitrogens is 2. The van der Waals surface area contributed by atoms with Gasteiger partial charge in [-0.1, -0.05) is 6.07 Å². The summed E-state index contributed by atoms with van der Waals surface area (Å²) >= 11 is 6.78. The van der Waals surface area contributed by atoms with E-state index in [4.69, 9.17) is 21.7 Å². The van der Waals surface area contributed by atoms with Crippen LogP contribution in [0.4, 0.5) is 10.1 Å². The standard InChI is InChI=1S/C30H31FN6O4S2/c1-18(38)36(10-11-40-3)15-20-4-6-24(33-14-20)28-13-25-29(43-28)27(8-9-32-25)41-26-7-5-21(12-23(26)31)34-30(42)35-22-16-37(17-22)19(2)39/h4-9,12-14,22H,10-11,15-17H2,1-3H3,(H2,34,35,42). The Balaban J connectivity index is 1.24. The molecule has 10 nitrogen and oxygen atoms in total. The number of benzene rings is 1. The van der Waals surface area contributed by atoms with Crippen molar-refractivity contribution in [2.45, 2.75) is 26.4 Å². The number of thiocarbonyl (C=S) groups is 1. The third kappa shape index (κ3) is 7.42. The number of pyridine rings is 2. The Morgan fingerprint density at radius 3 is 2.63 bits per heavy atom. The predicted octanol–water partition coefficient (Wildman–Crippen LogP) is 4.80. The van der Waals surface area contributed by atoms with Crippen molar-refractivity contribution in [3.63, 3.8) is 0 Å². The summed E-state index contributed by atoms with van der Waals surface area (Å²) in [5.74, 6) is -0.0140. The number of hydrogen-bond donors (Lipinski definition) is 2. The quantitative estimate of drug-likeness (QED) is 0.241. The van der Waals surface area contributed by atoms with Crippen molar-refractivity contribution in [2.75, 3.05) is 38.7 Å². The molecule has 1 aromatic carbocycles. The number of carbonyl (C=O) groups is 2. The SMILES string of the molecule is COCCN(Cc1ccc(-c2cc3nccc(Oc4ccc(NC(=S)NC5CN(C(C)=O)C5)cc4F)c3s2)nc1)C(C)=O.